The average molecular weight is 192 g/mol. The summed E-state index contributed by atoms with van der Waals surface area (Å²) in [6.45, 7) is 2.08. The maximum atomic E-state index is 9.07. The number of unbranched alkanes of at least 4 members (excludes halogenated alkanes) is 2. The van der Waals surface area contributed by atoms with Crippen LogP contribution in [0.15, 0.2) is 0 Å². The summed E-state index contributed by atoms with van der Waals surface area (Å²) in [7, 11) is 2.82. The number of aliphatic hydroxyl groups excluding tert-OH is 1. The van der Waals surface area contributed by atoms with Gasteiger partial charge in [-0.3, -0.25) is 0 Å². The van der Waals surface area contributed by atoms with Gasteiger partial charge < -0.3 is 19.7 Å². The van der Waals surface area contributed by atoms with E-state index in [0.717, 1.165) is 19.3 Å². The Bertz CT molecular complexity index is 121. The maximum absolute atomic E-state index is 9.07. The van der Waals surface area contributed by atoms with Crippen molar-refractivity contribution in [1.29, 1.82) is 0 Å². The molecule has 0 aromatic carbocycles. The third-order valence-corrected chi connectivity index (χ3v) is 2.21. The monoisotopic (exact) mass is 192 g/mol. The molecule has 0 bridgehead atoms. The Kier molecular flexibility index (Phi) is 6.24. The molecule has 2 N–H and O–H groups in total. The van der Waals surface area contributed by atoms with Crippen LogP contribution in [0.2, 0.25) is 0 Å². The number of aliphatic hydroxyl groups is 2. The lowest BCUT2D eigenvalue weighted by Crippen LogP contribution is -2.45. The minimum Gasteiger partial charge on any atom is -0.364 e. The van der Waals surface area contributed by atoms with Gasteiger partial charge in [-0.2, -0.15) is 0 Å². The van der Waals surface area contributed by atoms with Crippen LogP contribution in [0.4, 0.5) is 0 Å². The highest BCUT2D eigenvalue weighted by Crippen LogP contribution is 2.22. The van der Waals surface area contributed by atoms with E-state index < -0.39 is 12.1 Å². The highest BCUT2D eigenvalue weighted by molar-refractivity contribution is 4.71. The smallest absolute Gasteiger partial charge is 0.219 e. The van der Waals surface area contributed by atoms with Crippen LogP contribution in [0.5, 0.6) is 0 Å². The van der Waals surface area contributed by atoms with Gasteiger partial charge in [-0.05, 0) is 6.42 Å². The molecule has 0 aromatic heterocycles. The van der Waals surface area contributed by atoms with Gasteiger partial charge >= 0.3 is 0 Å². The summed E-state index contributed by atoms with van der Waals surface area (Å²) in [4.78, 5) is 0. The second-order valence-electron chi connectivity index (χ2n) is 3.05. The predicted octanol–water partition coefficient (Wildman–Crippen LogP) is 0.867. The van der Waals surface area contributed by atoms with Gasteiger partial charge in [0.25, 0.3) is 0 Å². The van der Waals surface area contributed by atoms with Crippen LogP contribution in [0, 0.1) is 0 Å². The first-order chi connectivity index (χ1) is 6.13. The van der Waals surface area contributed by atoms with Crippen LogP contribution in [0.1, 0.15) is 32.6 Å². The summed E-state index contributed by atoms with van der Waals surface area (Å²) in [5.74, 6) is -1.25. The fourth-order valence-electron chi connectivity index (χ4n) is 1.25. The molecule has 0 spiro atoms. The highest BCUT2D eigenvalue weighted by Gasteiger charge is 2.36. The molecular weight excluding hydrogens is 172 g/mol. The Hall–Kier alpha value is -0.160. The fraction of sp³-hybridized carbons (Fsp3) is 1.00. The van der Waals surface area contributed by atoms with Crippen molar-refractivity contribution in [2.45, 2.75) is 44.7 Å². The third kappa shape index (κ3) is 3.60. The highest BCUT2D eigenvalue weighted by atomic mass is 16.7. The molecule has 0 atom stereocenters. The summed E-state index contributed by atoms with van der Waals surface area (Å²) in [6.07, 6.45) is 1.85. The van der Waals surface area contributed by atoms with Gasteiger partial charge in [-0.1, -0.05) is 19.8 Å². The van der Waals surface area contributed by atoms with E-state index in [9.17, 15) is 0 Å². The second kappa shape index (κ2) is 6.32. The van der Waals surface area contributed by atoms with Gasteiger partial charge in [0, 0.05) is 20.6 Å². The number of methoxy groups -OCH3 is 2. The molecule has 0 radical (unpaired) electrons. The van der Waals surface area contributed by atoms with E-state index in [1.54, 1.807) is 0 Å². The van der Waals surface area contributed by atoms with E-state index >= 15 is 0 Å². The van der Waals surface area contributed by atoms with Gasteiger partial charge in [0.05, 0.1) is 0 Å². The molecule has 0 aromatic rings. The van der Waals surface area contributed by atoms with Crippen LogP contribution in [0.3, 0.4) is 0 Å². The minimum absolute atomic E-state index is 0.492. The number of rotatable bonds is 7. The number of hydrogen-bond donors (Lipinski definition) is 2. The molecule has 0 amide bonds. The van der Waals surface area contributed by atoms with Crippen molar-refractivity contribution >= 4 is 0 Å². The molecule has 0 unspecified atom stereocenters. The lowest BCUT2D eigenvalue weighted by molar-refractivity contribution is -0.316. The Morgan fingerprint density at radius 2 is 1.69 bits per heavy atom. The van der Waals surface area contributed by atoms with Gasteiger partial charge in [-0.25, -0.2) is 0 Å². The first-order valence-corrected chi connectivity index (χ1v) is 4.59. The van der Waals surface area contributed by atoms with Crippen LogP contribution >= 0.6 is 0 Å². The van der Waals surface area contributed by atoms with Crippen molar-refractivity contribution in [3.05, 3.63) is 0 Å². The topological polar surface area (TPSA) is 58.9 Å². The van der Waals surface area contributed by atoms with Gasteiger partial charge in [-0.15, -0.1) is 0 Å². The SMILES string of the molecule is CCCCCC(OC)(OC)C(O)O. The second-order valence-corrected chi connectivity index (χ2v) is 3.05. The van der Waals surface area contributed by atoms with Gasteiger partial charge in [0.1, 0.15) is 0 Å². The molecule has 0 saturated heterocycles. The Labute approximate surface area is 79.5 Å². The van der Waals surface area contributed by atoms with Crippen LogP contribution in [0.25, 0.3) is 0 Å². The predicted molar refractivity (Wildman–Crippen MR) is 49.1 cm³/mol. The van der Waals surface area contributed by atoms with Crippen LogP contribution in [-0.4, -0.2) is 36.5 Å². The van der Waals surface area contributed by atoms with Crippen molar-refractivity contribution in [3.63, 3.8) is 0 Å². The zero-order chi connectivity index (χ0) is 10.3. The standard InChI is InChI=1S/C9H20O4/c1-4-5-6-7-9(12-2,13-3)8(10)11/h8,10-11H,4-7H2,1-3H3. The van der Waals surface area contributed by atoms with E-state index in [4.69, 9.17) is 19.7 Å². The van der Waals surface area contributed by atoms with Crippen molar-refractivity contribution in [1.82, 2.24) is 0 Å². The van der Waals surface area contributed by atoms with E-state index in [1.807, 2.05) is 0 Å². The minimum atomic E-state index is -1.60. The summed E-state index contributed by atoms with van der Waals surface area (Å²) in [6, 6.07) is 0. The van der Waals surface area contributed by atoms with Crippen LogP contribution < -0.4 is 0 Å². The third-order valence-electron chi connectivity index (χ3n) is 2.21. The summed E-state index contributed by atoms with van der Waals surface area (Å²) < 4.78 is 9.95. The van der Waals surface area contributed by atoms with Crippen molar-refractivity contribution in [3.8, 4) is 0 Å². The summed E-state index contributed by atoms with van der Waals surface area (Å²) in [5.41, 5.74) is 0. The molecule has 13 heavy (non-hydrogen) atoms. The first-order valence-electron chi connectivity index (χ1n) is 4.59. The molecule has 4 nitrogen and oxygen atoms in total. The molecule has 0 saturated carbocycles. The lowest BCUT2D eigenvalue weighted by Gasteiger charge is -2.32. The van der Waals surface area contributed by atoms with Crippen molar-refractivity contribution < 1.29 is 19.7 Å². The van der Waals surface area contributed by atoms with Gasteiger partial charge in [0.15, 0.2) is 0 Å². The Morgan fingerprint density at radius 3 is 2.00 bits per heavy atom. The van der Waals surface area contributed by atoms with E-state index in [-0.39, 0.29) is 0 Å². The molecule has 0 aliphatic carbocycles. The molecule has 80 valence electrons. The summed E-state index contributed by atoms with van der Waals surface area (Å²) >= 11 is 0. The molecule has 0 heterocycles. The average Bonchev–Trinajstić information content (AvgIpc) is 2.13. The fourth-order valence-corrected chi connectivity index (χ4v) is 1.25. The maximum Gasteiger partial charge on any atom is 0.219 e. The summed E-state index contributed by atoms with van der Waals surface area (Å²) in [5, 5.41) is 18.1. The number of hydrogen-bond acceptors (Lipinski definition) is 4. The normalized spacial score (nSPS) is 12.5. The number of ether oxygens (including phenoxy) is 2. The lowest BCUT2D eigenvalue weighted by atomic mass is 10.1. The Morgan fingerprint density at radius 1 is 1.15 bits per heavy atom. The van der Waals surface area contributed by atoms with E-state index in [0.29, 0.717) is 6.42 Å². The van der Waals surface area contributed by atoms with Crippen LogP contribution in [-0.2, 0) is 9.47 Å². The molecular formula is C9H20O4. The zero-order valence-corrected chi connectivity index (χ0v) is 8.62. The largest absolute Gasteiger partial charge is 0.364 e. The van der Waals surface area contributed by atoms with Crippen molar-refractivity contribution in [2.24, 2.45) is 0 Å². The Balaban J connectivity index is 4.06. The molecule has 0 rings (SSSR count). The molecule has 4 heteroatoms. The van der Waals surface area contributed by atoms with E-state index in [2.05, 4.69) is 6.92 Å². The van der Waals surface area contributed by atoms with E-state index in [1.165, 1.54) is 14.2 Å². The van der Waals surface area contributed by atoms with Crippen molar-refractivity contribution in [2.75, 3.05) is 14.2 Å². The first kappa shape index (κ1) is 12.8. The molecule has 0 fully saturated rings. The molecule has 0 aliphatic rings. The quantitative estimate of drug-likeness (QED) is 0.464. The zero-order valence-electron chi connectivity index (χ0n) is 8.62. The molecule has 0 aliphatic heterocycles. The van der Waals surface area contributed by atoms with Gasteiger partial charge in [0.2, 0.25) is 12.1 Å².